The number of sulfonamides is 1. The first kappa shape index (κ1) is 18.2. The lowest BCUT2D eigenvalue weighted by atomic mass is 10.3. The Morgan fingerprint density at radius 1 is 1.14 bits per heavy atom. The van der Waals surface area contributed by atoms with E-state index in [4.69, 9.17) is 4.42 Å². The van der Waals surface area contributed by atoms with Gasteiger partial charge in [0, 0.05) is 38.5 Å². The number of aromatic nitrogens is 3. The molecule has 2 heterocycles. The molecule has 4 aromatic rings. The van der Waals surface area contributed by atoms with Crippen molar-refractivity contribution in [1.29, 1.82) is 0 Å². The van der Waals surface area contributed by atoms with Crippen molar-refractivity contribution in [3.05, 3.63) is 77.0 Å². The van der Waals surface area contributed by atoms with Crippen LogP contribution in [0.15, 0.2) is 75.0 Å². The monoisotopic (exact) mass is 398 g/mol. The Morgan fingerprint density at radius 2 is 1.89 bits per heavy atom. The van der Waals surface area contributed by atoms with Crippen molar-refractivity contribution >= 4 is 21.1 Å². The minimum atomic E-state index is -3.76. The van der Waals surface area contributed by atoms with Crippen molar-refractivity contribution < 1.29 is 12.8 Å². The lowest BCUT2D eigenvalue weighted by Gasteiger charge is -2.16. The van der Waals surface area contributed by atoms with E-state index in [0.29, 0.717) is 5.52 Å². The van der Waals surface area contributed by atoms with Gasteiger partial charge in [0.05, 0.1) is 22.3 Å². The summed E-state index contributed by atoms with van der Waals surface area (Å²) in [5.74, 6) is -0.536. The minimum absolute atomic E-state index is 0.0623. The number of para-hydroxylation sites is 1. The van der Waals surface area contributed by atoms with Crippen molar-refractivity contribution in [3.63, 3.8) is 0 Å². The Morgan fingerprint density at radius 3 is 2.64 bits per heavy atom. The summed E-state index contributed by atoms with van der Waals surface area (Å²) in [6.07, 6.45) is 3.43. The summed E-state index contributed by atoms with van der Waals surface area (Å²) in [7, 11) is -0.694. The predicted molar refractivity (Wildman–Crippen MR) is 104 cm³/mol. The quantitative estimate of drug-likeness (QED) is 0.514. The standard InChI is InChI=1S/C19H18N4O4S/c1-21(12-14-11-20-23(13-14)15-6-4-3-5-7-15)28(25,26)16-8-9-17-18(10-16)27-19(24)22(17)2/h3-11,13H,12H2,1-2H3. The molecule has 0 bridgehead atoms. The van der Waals surface area contributed by atoms with Gasteiger partial charge in [0.15, 0.2) is 5.58 Å². The molecule has 0 fully saturated rings. The average molecular weight is 398 g/mol. The van der Waals surface area contributed by atoms with Crippen molar-refractivity contribution in [2.75, 3.05) is 7.05 Å². The summed E-state index contributed by atoms with van der Waals surface area (Å²) in [4.78, 5) is 11.7. The summed E-state index contributed by atoms with van der Waals surface area (Å²) >= 11 is 0. The van der Waals surface area contributed by atoms with Gasteiger partial charge >= 0.3 is 5.76 Å². The van der Waals surface area contributed by atoms with Gasteiger partial charge in [0.1, 0.15) is 0 Å². The second kappa shape index (κ2) is 6.77. The van der Waals surface area contributed by atoms with Crippen LogP contribution in [-0.2, 0) is 23.6 Å². The molecule has 2 aromatic carbocycles. The van der Waals surface area contributed by atoms with Crippen LogP contribution in [0.2, 0.25) is 0 Å². The highest BCUT2D eigenvalue weighted by atomic mass is 32.2. The fourth-order valence-corrected chi connectivity index (χ4v) is 4.14. The third kappa shape index (κ3) is 3.14. The molecule has 0 unspecified atom stereocenters. The molecule has 9 heteroatoms. The summed E-state index contributed by atoms with van der Waals surface area (Å²) in [5, 5.41) is 4.29. The van der Waals surface area contributed by atoms with E-state index in [9.17, 15) is 13.2 Å². The highest BCUT2D eigenvalue weighted by molar-refractivity contribution is 7.89. The fourth-order valence-electron chi connectivity index (χ4n) is 2.96. The molecule has 2 aromatic heterocycles. The zero-order valence-corrected chi connectivity index (χ0v) is 16.1. The van der Waals surface area contributed by atoms with Crippen LogP contribution in [0.4, 0.5) is 0 Å². The van der Waals surface area contributed by atoms with Crippen LogP contribution in [0.5, 0.6) is 0 Å². The van der Waals surface area contributed by atoms with Gasteiger partial charge in [-0.25, -0.2) is 17.9 Å². The Balaban J connectivity index is 1.60. The molecule has 0 atom stereocenters. The lowest BCUT2D eigenvalue weighted by molar-refractivity contribution is 0.466. The highest BCUT2D eigenvalue weighted by Gasteiger charge is 2.23. The smallest absolute Gasteiger partial charge is 0.408 e. The van der Waals surface area contributed by atoms with Crippen molar-refractivity contribution in [3.8, 4) is 5.69 Å². The maximum atomic E-state index is 12.9. The normalized spacial score (nSPS) is 12.1. The van der Waals surface area contributed by atoms with Crippen LogP contribution in [0, 0.1) is 0 Å². The van der Waals surface area contributed by atoms with Crippen LogP contribution in [0.1, 0.15) is 5.56 Å². The third-order valence-electron chi connectivity index (χ3n) is 4.53. The maximum Gasteiger partial charge on any atom is 0.419 e. The van der Waals surface area contributed by atoms with E-state index in [2.05, 4.69) is 5.10 Å². The van der Waals surface area contributed by atoms with E-state index in [0.717, 1.165) is 11.3 Å². The second-order valence-electron chi connectivity index (χ2n) is 6.45. The maximum absolute atomic E-state index is 12.9. The van der Waals surface area contributed by atoms with Gasteiger partial charge in [-0.05, 0) is 24.3 Å². The number of fused-ring (bicyclic) bond motifs is 1. The number of benzene rings is 2. The summed E-state index contributed by atoms with van der Waals surface area (Å²) < 4.78 is 35.2. The molecule has 0 radical (unpaired) electrons. The summed E-state index contributed by atoms with van der Waals surface area (Å²) in [6.45, 7) is 0.159. The molecular weight excluding hydrogens is 380 g/mol. The van der Waals surface area contributed by atoms with Crippen LogP contribution in [0.3, 0.4) is 0 Å². The SMILES string of the molecule is CN(Cc1cnn(-c2ccccc2)c1)S(=O)(=O)c1ccc2c(c1)oc(=O)n2C. The van der Waals surface area contributed by atoms with E-state index >= 15 is 0 Å². The molecule has 0 saturated heterocycles. The van der Waals surface area contributed by atoms with E-state index in [1.165, 1.54) is 28.1 Å². The summed E-state index contributed by atoms with van der Waals surface area (Å²) in [6, 6.07) is 14.0. The van der Waals surface area contributed by atoms with E-state index in [1.54, 1.807) is 30.2 Å². The predicted octanol–water partition coefficient (Wildman–Crippen LogP) is 2.14. The molecule has 0 aliphatic rings. The molecule has 8 nitrogen and oxygen atoms in total. The van der Waals surface area contributed by atoms with E-state index < -0.39 is 15.8 Å². The van der Waals surface area contributed by atoms with Crippen molar-refractivity contribution in [2.24, 2.45) is 7.05 Å². The van der Waals surface area contributed by atoms with Crippen LogP contribution in [-0.4, -0.2) is 34.1 Å². The molecule has 144 valence electrons. The molecule has 0 aliphatic carbocycles. The lowest BCUT2D eigenvalue weighted by Crippen LogP contribution is -2.26. The number of hydrogen-bond acceptors (Lipinski definition) is 5. The van der Waals surface area contributed by atoms with Gasteiger partial charge in [-0.15, -0.1) is 0 Å². The van der Waals surface area contributed by atoms with Gasteiger partial charge in [0.25, 0.3) is 0 Å². The Hall–Kier alpha value is -3.17. The van der Waals surface area contributed by atoms with Crippen LogP contribution < -0.4 is 5.76 Å². The molecule has 0 N–H and O–H groups in total. The van der Waals surface area contributed by atoms with E-state index in [1.807, 2.05) is 30.3 Å². The first-order chi connectivity index (χ1) is 13.4. The molecular formula is C19H18N4O4S. The van der Waals surface area contributed by atoms with Gasteiger partial charge in [-0.1, -0.05) is 18.2 Å². The average Bonchev–Trinajstić information content (AvgIpc) is 3.27. The zero-order valence-electron chi connectivity index (χ0n) is 15.3. The topological polar surface area (TPSA) is 90.3 Å². The molecule has 0 spiro atoms. The number of nitrogens with zero attached hydrogens (tertiary/aromatic N) is 4. The van der Waals surface area contributed by atoms with Crippen LogP contribution >= 0.6 is 0 Å². The van der Waals surface area contributed by atoms with Crippen molar-refractivity contribution in [2.45, 2.75) is 11.4 Å². The van der Waals surface area contributed by atoms with E-state index in [-0.39, 0.29) is 17.0 Å². The number of oxazole rings is 1. The summed E-state index contributed by atoms with van der Waals surface area (Å²) in [5.41, 5.74) is 2.42. The second-order valence-corrected chi connectivity index (χ2v) is 8.49. The molecule has 0 aliphatic heterocycles. The number of hydrogen-bond donors (Lipinski definition) is 0. The largest absolute Gasteiger partial charge is 0.419 e. The molecule has 4 rings (SSSR count). The Bertz CT molecular complexity index is 1300. The molecule has 0 amide bonds. The highest BCUT2D eigenvalue weighted by Crippen LogP contribution is 2.22. The first-order valence-corrected chi connectivity index (χ1v) is 9.95. The first-order valence-electron chi connectivity index (χ1n) is 8.51. The fraction of sp³-hybridized carbons (Fsp3) is 0.158. The number of rotatable bonds is 5. The number of aryl methyl sites for hydroxylation is 1. The Labute approximate surface area is 161 Å². The van der Waals surface area contributed by atoms with Gasteiger partial charge in [-0.2, -0.15) is 9.40 Å². The molecule has 28 heavy (non-hydrogen) atoms. The zero-order chi connectivity index (χ0) is 19.9. The molecule has 0 saturated carbocycles. The van der Waals surface area contributed by atoms with Gasteiger partial charge in [-0.3, -0.25) is 4.57 Å². The van der Waals surface area contributed by atoms with Crippen molar-refractivity contribution in [1.82, 2.24) is 18.7 Å². The van der Waals surface area contributed by atoms with Gasteiger partial charge in [0.2, 0.25) is 10.0 Å². The van der Waals surface area contributed by atoms with Crippen LogP contribution in [0.25, 0.3) is 16.8 Å². The third-order valence-corrected chi connectivity index (χ3v) is 6.33. The van der Waals surface area contributed by atoms with Gasteiger partial charge < -0.3 is 4.42 Å². The minimum Gasteiger partial charge on any atom is -0.408 e. The Kier molecular flexibility index (Phi) is 4.40.